The molecule has 1 aromatic carbocycles. The third-order valence-corrected chi connectivity index (χ3v) is 6.70. The summed E-state index contributed by atoms with van der Waals surface area (Å²) >= 11 is 0. The molecule has 1 fully saturated rings. The van der Waals surface area contributed by atoms with Gasteiger partial charge in [-0.1, -0.05) is 36.4 Å². The molecule has 1 aliphatic rings. The van der Waals surface area contributed by atoms with E-state index in [1.54, 1.807) is 4.90 Å². The van der Waals surface area contributed by atoms with Gasteiger partial charge in [-0.15, -0.1) is 0 Å². The fourth-order valence-electron chi connectivity index (χ4n) is 4.88. The summed E-state index contributed by atoms with van der Waals surface area (Å²) in [5, 5.41) is 14.8. The number of likely N-dealkylation sites (tertiary alicyclic amines) is 1. The van der Waals surface area contributed by atoms with E-state index in [0.29, 0.717) is 13.1 Å². The fraction of sp³-hybridized carbons (Fsp3) is 0.231. The molecule has 6 rings (SSSR count). The molecular formula is C26H24N6O2. The molecule has 1 aliphatic heterocycles. The quantitative estimate of drug-likeness (QED) is 0.434. The summed E-state index contributed by atoms with van der Waals surface area (Å²) in [4.78, 5) is 26.7. The summed E-state index contributed by atoms with van der Waals surface area (Å²) in [6.07, 6.45) is 7.25. The van der Waals surface area contributed by atoms with Crippen molar-refractivity contribution in [1.29, 1.82) is 0 Å². The van der Waals surface area contributed by atoms with Gasteiger partial charge in [0.2, 0.25) is 5.91 Å². The number of hydrogen-bond donors (Lipinski definition) is 2. The Kier molecular flexibility index (Phi) is 5.07. The number of H-pyrrole nitrogens is 1. The van der Waals surface area contributed by atoms with Crippen LogP contribution in [0.2, 0.25) is 0 Å². The zero-order valence-corrected chi connectivity index (χ0v) is 18.6. The van der Waals surface area contributed by atoms with Crippen LogP contribution >= 0.6 is 0 Å². The molecule has 2 N–H and O–H groups in total. The van der Waals surface area contributed by atoms with Crippen LogP contribution in [0.3, 0.4) is 0 Å². The number of aromatic nitrogens is 5. The standard InChI is InChI=1S/C26H24N6O2/c33-16-23(34)31-12-9-18(10-13-31)24-20-8-11-27-25(20)32-26(30-24)21(15-29-32)19-6-7-22(28-14-19)17-4-2-1-3-5-17/h1-8,11,14-15,18,27,33H,9-10,12-13,16H2. The van der Waals surface area contributed by atoms with Gasteiger partial charge in [-0.2, -0.15) is 9.61 Å². The van der Waals surface area contributed by atoms with E-state index in [4.69, 9.17) is 4.98 Å². The van der Waals surface area contributed by atoms with Gasteiger partial charge < -0.3 is 15.0 Å². The van der Waals surface area contributed by atoms with Crippen molar-refractivity contribution in [3.05, 3.63) is 72.8 Å². The van der Waals surface area contributed by atoms with Crippen molar-refractivity contribution >= 4 is 22.6 Å². The minimum atomic E-state index is -0.437. The monoisotopic (exact) mass is 452 g/mol. The molecule has 0 atom stereocenters. The number of aromatic amines is 1. The minimum absolute atomic E-state index is 0.210. The number of rotatable bonds is 4. The summed E-state index contributed by atoms with van der Waals surface area (Å²) in [5.74, 6) is 0.0190. The molecular weight excluding hydrogens is 428 g/mol. The van der Waals surface area contributed by atoms with Crippen molar-refractivity contribution in [2.75, 3.05) is 19.7 Å². The Morgan fingerprint density at radius 2 is 1.85 bits per heavy atom. The largest absolute Gasteiger partial charge is 0.387 e. The molecule has 5 heterocycles. The second-order valence-corrected chi connectivity index (χ2v) is 8.64. The first-order chi connectivity index (χ1) is 16.7. The van der Waals surface area contributed by atoms with Gasteiger partial charge in [0.1, 0.15) is 12.3 Å². The lowest BCUT2D eigenvalue weighted by atomic mass is 9.91. The van der Waals surface area contributed by atoms with Crippen LogP contribution in [0, 0.1) is 0 Å². The van der Waals surface area contributed by atoms with Crippen molar-refractivity contribution in [2.45, 2.75) is 18.8 Å². The van der Waals surface area contributed by atoms with Crippen LogP contribution in [0.5, 0.6) is 0 Å². The summed E-state index contributed by atoms with van der Waals surface area (Å²) < 4.78 is 1.85. The third-order valence-electron chi connectivity index (χ3n) is 6.70. The van der Waals surface area contributed by atoms with Crippen molar-refractivity contribution < 1.29 is 9.90 Å². The van der Waals surface area contributed by atoms with Crippen LogP contribution in [-0.4, -0.2) is 60.2 Å². The number of nitrogens with one attached hydrogen (secondary N) is 1. The number of aliphatic hydroxyl groups excluding tert-OH is 1. The van der Waals surface area contributed by atoms with Gasteiger partial charge in [0, 0.05) is 53.5 Å². The number of benzene rings is 1. The Morgan fingerprint density at radius 1 is 1.03 bits per heavy atom. The molecule has 0 bridgehead atoms. The van der Waals surface area contributed by atoms with Crippen molar-refractivity contribution in [2.24, 2.45) is 0 Å². The molecule has 0 aliphatic carbocycles. The van der Waals surface area contributed by atoms with Gasteiger partial charge in [-0.3, -0.25) is 9.78 Å². The number of fused-ring (bicyclic) bond motifs is 3. The SMILES string of the molecule is O=C(CO)N1CCC(c2nc3c(-c4ccc(-c5ccccc5)nc4)cnn3c3[nH]ccc23)CC1. The molecule has 0 unspecified atom stereocenters. The number of hydrogen-bond acceptors (Lipinski definition) is 5. The highest BCUT2D eigenvalue weighted by Crippen LogP contribution is 2.34. The smallest absolute Gasteiger partial charge is 0.248 e. The lowest BCUT2D eigenvalue weighted by Crippen LogP contribution is -2.39. The Balaban J connectivity index is 1.38. The number of piperidine rings is 1. The molecule has 8 nitrogen and oxygen atoms in total. The molecule has 4 aromatic heterocycles. The van der Waals surface area contributed by atoms with Crippen LogP contribution in [-0.2, 0) is 4.79 Å². The zero-order valence-electron chi connectivity index (χ0n) is 18.6. The minimum Gasteiger partial charge on any atom is -0.387 e. The average Bonchev–Trinajstić information content (AvgIpc) is 3.56. The van der Waals surface area contributed by atoms with Crippen LogP contribution in [0.15, 0.2) is 67.1 Å². The van der Waals surface area contributed by atoms with Crippen LogP contribution in [0.4, 0.5) is 0 Å². The number of amides is 1. The highest BCUT2D eigenvalue weighted by Gasteiger charge is 2.27. The molecule has 0 spiro atoms. The molecule has 1 saturated heterocycles. The van der Waals surface area contributed by atoms with E-state index in [9.17, 15) is 9.90 Å². The zero-order chi connectivity index (χ0) is 23.1. The number of aliphatic hydroxyl groups is 1. The fourth-order valence-corrected chi connectivity index (χ4v) is 4.88. The van der Waals surface area contributed by atoms with E-state index in [1.807, 2.05) is 65.6 Å². The van der Waals surface area contributed by atoms with Gasteiger partial charge in [0.05, 0.1) is 17.6 Å². The summed E-state index contributed by atoms with van der Waals surface area (Å²) in [6, 6.07) is 16.2. The highest BCUT2D eigenvalue weighted by molar-refractivity contribution is 5.86. The molecule has 8 heteroatoms. The second-order valence-electron chi connectivity index (χ2n) is 8.64. The van der Waals surface area contributed by atoms with Crippen molar-refractivity contribution in [3.8, 4) is 22.4 Å². The Morgan fingerprint density at radius 3 is 2.59 bits per heavy atom. The summed E-state index contributed by atoms with van der Waals surface area (Å²) in [5.41, 5.74) is 6.61. The van der Waals surface area contributed by atoms with Crippen LogP contribution in [0.1, 0.15) is 24.5 Å². The van der Waals surface area contributed by atoms with Gasteiger partial charge >= 0.3 is 0 Å². The van der Waals surface area contributed by atoms with E-state index < -0.39 is 6.61 Å². The second kappa shape index (κ2) is 8.39. The van der Waals surface area contributed by atoms with Crippen molar-refractivity contribution in [3.63, 3.8) is 0 Å². The van der Waals surface area contributed by atoms with E-state index in [0.717, 1.165) is 57.6 Å². The van der Waals surface area contributed by atoms with E-state index in [1.165, 1.54) is 0 Å². The summed E-state index contributed by atoms with van der Waals surface area (Å²) in [7, 11) is 0. The average molecular weight is 453 g/mol. The van der Waals surface area contributed by atoms with Crippen molar-refractivity contribution in [1.82, 2.24) is 29.5 Å². The van der Waals surface area contributed by atoms with Crippen LogP contribution < -0.4 is 0 Å². The third kappa shape index (κ3) is 3.43. The predicted octanol–water partition coefficient (Wildman–Crippen LogP) is 3.64. The van der Waals surface area contributed by atoms with Gasteiger partial charge in [0.25, 0.3) is 0 Å². The molecule has 0 radical (unpaired) electrons. The predicted molar refractivity (Wildman–Crippen MR) is 129 cm³/mol. The Hall–Kier alpha value is -4.04. The highest BCUT2D eigenvalue weighted by atomic mass is 16.3. The molecule has 1 amide bonds. The molecule has 34 heavy (non-hydrogen) atoms. The maximum Gasteiger partial charge on any atom is 0.248 e. The van der Waals surface area contributed by atoms with E-state index in [2.05, 4.69) is 21.1 Å². The Bertz CT molecular complexity index is 1460. The molecule has 0 saturated carbocycles. The van der Waals surface area contributed by atoms with Gasteiger partial charge in [-0.05, 0) is 25.0 Å². The van der Waals surface area contributed by atoms with Crippen LogP contribution in [0.25, 0.3) is 39.1 Å². The van der Waals surface area contributed by atoms with E-state index >= 15 is 0 Å². The maximum atomic E-state index is 11.9. The first-order valence-corrected chi connectivity index (χ1v) is 11.5. The number of pyridine rings is 1. The number of carbonyl (C=O) groups is 1. The normalized spacial score (nSPS) is 14.8. The van der Waals surface area contributed by atoms with Gasteiger partial charge in [0.15, 0.2) is 5.65 Å². The molecule has 5 aromatic rings. The maximum absolute atomic E-state index is 11.9. The Labute approximate surface area is 195 Å². The topological polar surface area (TPSA) is 99.4 Å². The number of nitrogens with zero attached hydrogens (tertiary/aromatic N) is 5. The summed E-state index contributed by atoms with van der Waals surface area (Å²) in [6.45, 7) is 0.812. The molecule has 170 valence electrons. The first kappa shape index (κ1) is 20.6. The lowest BCUT2D eigenvalue weighted by Gasteiger charge is -2.31. The lowest BCUT2D eigenvalue weighted by molar-refractivity contribution is -0.135. The number of carbonyl (C=O) groups excluding carboxylic acids is 1. The van der Waals surface area contributed by atoms with Gasteiger partial charge in [-0.25, -0.2) is 4.98 Å². The first-order valence-electron chi connectivity index (χ1n) is 11.5. The van der Waals surface area contributed by atoms with E-state index in [-0.39, 0.29) is 11.8 Å².